The number of rotatable bonds is 2. The van der Waals surface area contributed by atoms with Crippen LogP contribution in [0.1, 0.15) is 13.3 Å². The second-order valence-corrected chi connectivity index (χ2v) is 1.83. The first kappa shape index (κ1) is 6.25. The van der Waals surface area contributed by atoms with Gasteiger partial charge in [0.25, 0.3) is 0 Å². The van der Waals surface area contributed by atoms with Crippen molar-refractivity contribution in [3.8, 4) is 0 Å². The maximum absolute atomic E-state index is 5.32. The van der Waals surface area contributed by atoms with Gasteiger partial charge in [-0.05, 0) is 13.3 Å². The van der Waals surface area contributed by atoms with Crippen LogP contribution < -0.4 is 5.73 Å². The number of nitrogens with two attached hydrogens (primary N) is 1. The lowest BCUT2D eigenvalue weighted by Gasteiger charge is -1.95. The van der Waals surface area contributed by atoms with Crippen LogP contribution in [0, 0.1) is 0 Å². The normalized spacial score (nSPS) is 14.5. The van der Waals surface area contributed by atoms with E-state index in [4.69, 9.17) is 17.3 Å². The summed E-state index contributed by atoms with van der Waals surface area (Å²) in [5.74, 6) is 0.678. The van der Waals surface area contributed by atoms with Crippen LogP contribution in [0.15, 0.2) is 0 Å². The first-order valence-electron chi connectivity index (χ1n) is 2.09. The molecule has 0 aliphatic rings. The van der Waals surface area contributed by atoms with Crippen molar-refractivity contribution in [2.75, 3.05) is 5.88 Å². The molecular weight excluding hydrogens is 97.5 g/mol. The maximum Gasteiger partial charge on any atom is 0.0238 e. The molecule has 6 heavy (non-hydrogen) atoms. The van der Waals surface area contributed by atoms with Gasteiger partial charge in [-0.2, -0.15) is 0 Å². The van der Waals surface area contributed by atoms with Crippen LogP contribution in [0.25, 0.3) is 0 Å². The number of hydrogen-bond acceptors (Lipinski definition) is 1. The first-order chi connectivity index (χ1) is 2.77. The number of halogens is 1. The molecule has 0 aromatic carbocycles. The molecule has 0 aromatic rings. The SMILES string of the molecule is C[C@@H](N)CCCl. The highest BCUT2D eigenvalue weighted by atomic mass is 35.5. The van der Waals surface area contributed by atoms with E-state index >= 15 is 0 Å². The van der Waals surface area contributed by atoms with Crippen LogP contribution >= 0.6 is 11.6 Å². The molecule has 38 valence electrons. The van der Waals surface area contributed by atoms with Crippen molar-refractivity contribution in [3.05, 3.63) is 0 Å². The largest absolute Gasteiger partial charge is 0.328 e. The first-order valence-corrected chi connectivity index (χ1v) is 2.62. The molecule has 0 heterocycles. The molecule has 0 fully saturated rings. The Morgan fingerprint density at radius 3 is 2.33 bits per heavy atom. The van der Waals surface area contributed by atoms with Crippen LogP contribution in [0.4, 0.5) is 0 Å². The molecule has 0 aliphatic heterocycles. The van der Waals surface area contributed by atoms with Gasteiger partial charge in [-0.3, -0.25) is 0 Å². The Morgan fingerprint density at radius 1 is 1.83 bits per heavy atom. The lowest BCUT2D eigenvalue weighted by atomic mass is 10.3. The molecule has 0 spiro atoms. The zero-order valence-corrected chi connectivity index (χ0v) is 4.70. The van der Waals surface area contributed by atoms with Crippen LogP contribution in [0.5, 0.6) is 0 Å². The van der Waals surface area contributed by atoms with E-state index in [2.05, 4.69) is 0 Å². The molecule has 0 radical (unpaired) electrons. The second-order valence-electron chi connectivity index (χ2n) is 1.45. The molecular formula is C4H10ClN. The molecule has 0 bridgehead atoms. The monoisotopic (exact) mass is 107 g/mol. The Bertz CT molecular complexity index is 28.7. The van der Waals surface area contributed by atoms with E-state index in [-0.39, 0.29) is 6.04 Å². The Kier molecular flexibility index (Phi) is 3.58. The predicted molar refractivity (Wildman–Crippen MR) is 29.0 cm³/mol. The van der Waals surface area contributed by atoms with Gasteiger partial charge in [0.05, 0.1) is 0 Å². The van der Waals surface area contributed by atoms with Gasteiger partial charge in [0, 0.05) is 11.9 Å². The molecule has 2 heteroatoms. The topological polar surface area (TPSA) is 26.0 Å². The van der Waals surface area contributed by atoms with Crippen molar-refractivity contribution >= 4 is 11.6 Å². The van der Waals surface area contributed by atoms with E-state index < -0.39 is 0 Å². The van der Waals surface area contributed by atoms with Gasteiger partial charge in [-0.1, -0.05) is 0 Å². The van der Waals surface area contributed by atoms with Crippen LogP contribution in [-0.2, 0) is 0 Å². The molecule has 0 saturated heterocycles. The summed E-state index contributed by atoms with van der Waals surface area (Å²) in [6.45, 7) is 1.95. The molecule has 0 aliphatic carbocycles. The Balaban J connectivity index is 2.63. The van der Waals surface area contributed by atoms with E-state index in [1.807, 2.05) is 6.92 Å². The van der Waals surface area contributed by atoms with Crippen molar-refractivity contribution in [2.45, 2.75) is 19.4 Å². The van der Waals surface area contributed by atoms with E-state index in [1.54, 1.807) is 0 Å². The highest BCUT2D eigenvalue weighted by Crippen LogP contribution is 1.86. The third-order valence-electron chi connectivity index (χ3n) is 0.564. The predicted octanol–water partition coefficient (Wildman–Crippen LogP) is 0.963. The minimum atomic E-state index is 0.266. The average molecular weight is 108 g/mol. The zero-order chi connectivity index (χ0) is 4.99. The second kappa shape index (κ2) is 3.44. The highest BCUT2D eigenvalue weighted by Gasteiger charge is 1.86. The Hall–Kier alpha value is 0.250. The summed E-state index contributed by atoms with van der Waals surface area (Å²) in [6.07, 6.45) is 0.918. The van der Waals surface area contributed by atoms with Gasteiger partial charge in [0.2, 0.25) is 0 Å². The molecule has 0 saturated carbocycles. The van der Waals surface area contributed by atoms with Gasteiger partial charge < -0.3 is 5.73 Å². The Labute approximate surface area is 43.5 Å². The van der Waals surface area contributed by atoms with Gasteiger partial charge >= 0.3 is 0 Å². The summed E-state index contributed by atoms with van der Waals surface area (Å²) in [7, 11) is 0. The van der Waals surface area contributed by atoms with Crippen LogP contribution in [-0.4, -0.2) is 11.9 Å². The number of hydrogen-bond donors (Lipinski definition) is 1. The summed E-state index contributed by atoms with van der Waals surface area (Å²) >= 11 is 5.32. The van der Waals surface area contributed by atoms with Gasteiger partial charge in [0.15, 0.2) is 0 Å². The van der Waals surface area contributed by atoms with E-state index in [9.17, 15) is 0 Å². The van der Waals surface area contributed by atoms with E-state index in [0.717, 1.165) is 6.42 Å². The summed E-state index contributed by atoms with van der Waals surface area (Å²) in [6, 6.07) is 0.266. The quantitative estimate of drug-likeness (QED) is 0.523. The summed E-state index contributed by atoms with van der Waals surface area (Å²) in [4.78, 5) is 0. The fraction of sp³-hybridized carbons (Fsp3) is 1.00. The van der Waals surface area contributed by atoms with Crippen LogP contribution in [0.3, 0.4) is 0 Å². The zero-order valence-electron chi connectivity index (χ0n) is 3.95. The highest BCUT2D eigenvalue weighted by molar-refractivity contribution is 6.17. The van der Waals surface area contributed by atoms with Crippen molar-refractivity contribution < 1.29 is 0 Å². The molecule has 1 atom stereocenters. The van der Waals surface area contributed by atoms with Gasteiger partial charge in [-0.15, -0.1) is 11.6 Å². The molecule has 0 amide bonds. The van der Waals surface area contributed by atoms with E-state index in [1.165, 1.54) is 0 Å². The standard InChI is InChI=1S/C4H10ClN/c1-4(6)2-3-5/h4H,2-3,6H2,1H3/t4-/m1/s1. The molecule has 0 unspecified atom stereocenters. The molecule has 0 aromatic heterocycles. The lowest BCUT2D eigenvalue weighted by molar-refractivity contribution is 0.719. The molecule has 1 nitrogen and oxygen atoms in total. The van der Waals surface area contributed by atoms with Crippen molar-refractivity contribution in [3.63, 3.8) is 0 Å². The van der Waals surface area contributed by atoms with Gasteiger partial charge in [-0.25, -0.2) is 0 Å². The fourth-order valence-corrected chi connectivity index (χ4v) is 0.516. The fourth-order valence-electron chi connectivity index (χ4n) is 0.172. The summed E-state index contributed by atoms with van der Waals surface area (Å²) < 4.78 is 0. The maximum atomic E-state index is 5.32. The molecule has 0 rings (SSSR count). The van der Waals surface area contributed by atoms with Crippen molar-refractivity contribution in [2.24, 2.45) is 5.73 Å². The third-order valence-corrected chi connectivity index (χ3v) is 0.783. The smallest absolute Gasteiger partial charge is 0.0238 e. The van der Waals surface area contributed by atoms with Gasteiger partial charge in [0.1, 0.15) is 0 Å². The lowest BCUT2D eigenvalue weighted by Crippen LogP contribution is -2.14. The number of alkyl halides is 1. The minimum Gasteiger partial charge on any atom is -0.328 e. The Morgan fingerprint density at radius 2 is 2.33 bits per heavy atom. The third kappa shape index (κ3) is 4.25. The average Bonchev–Trinajstić information content (AvgIpc) is 1.35. The minimum absolute atomic E-state index is 0.266. The van der Waals surface area contributed by atoms with Crippen molar-refractivity contribution in [1.29, 1.82) is 0 Å². The molecule has 2 N–H and O–H groups in total. The summed E-state index contributed by atoms with van der Waals surface area (Å²) in [5, 5.41) is 0. The van der Waals surface area contributed by atoms with E-state index in [0.29, 0.717) is 5.88 Å². The van der Waals surface area contributed by atoms with Crippen LogP contribution in [0.2, 0.25) is 0 Å². The van der Waals surface area contributed by atoms with Crippen molar-refractivity contribution in [1.82, 2.24) is 0 Å². The summed E-state index contributed by atoms with van der Waals surface area (Å²) in [5.41, 5.74) is 5.32.